The van der Waals surface area contributed by atoms with E-state index in [0.717, 1.165) is 62.0 Å². The van der Waals surface area contributed by atoms with Gasteiger partial charge in [-0.15, -0.1) is 0 Å². The van der Waals surface area contributed by atoms with Crippen LogP contribution in [-0.2, 0) is 25.7 Å². The fourth-order valence-corrected chi connectivity index (χ4v) is 9.80. The first kappa shape index (κ1) is 30.6. The topological polar surface area (TPSA) is 62.4 Å². The quantitative estimate of drug-likeness (QED) is 0.186. The lowest BCUT2D eigenvalue weighted by molar-refractivity contribution is 0.171. The van der Waals surface area contributed by atoms with Gasteiger partial charge in [-0.05, 0) is 110 Å². The van der Waals surface area contributed by atoms with Gasteiger partial charge in [-0.25, -0.2) is 0 Å². The van der Waals surface area contributed by atoms with E-state index in [4.69, 9.17) is 8.83 Å². The summed E-state index contributed by atoms with van der Waals surface area (Å²) in [5.74, 6) is 5.55. The van der Waals surface area contributed by atoms with Gasteiger partial charge in [0.05, 0.1) is 18.5 Å². The Kier molecular flexibility index (Phi) is 7.89. The van der Waals surface area contributed by atoms with Crippen molar-refractivity contribution in [3.05, 3.63) is 142 Å². The molecule has 7 unspecified atom stereocenters. The molecule has 1 aliphatic heterocycles. The monoisotopic (exact) mass is 661 g/mol. The first-order chi connectivity index (χ1) is 24.7. The van der Waals surface area contributed by atoms with Gasteiger partial charge in [-0.2, -0.15) is 0 Å². The Morgan fingerprint density at radius 2 is 1.38 bits per heavy atom. The molecule has 0 spiro atoms. The molecule has 2 aromatic carbocycles. The number of furan rings is 2. The van der Waals surface area contributed by atoms with Crippen LogP contribution in [0.4, 0.5) is 0 Å². The fraction of sp³-hybridized carbons (Fsp3) is 0.378. The number of fused-ring (bicyclic) bond motifs is 6. The van der Waals surface area contributed by atoms with E-state index in [-0.39, 0.29) is 18.5 Å². The molecule has 6 aliphatic rings. The van der Waals surface area contributed by atoms with Gasteiger partial charge in [0.1, 0.15) is 22.9 Å². The minimum Gasteiger partial charge on any atom is -0.461 e. The predicted molar refractivity (Wildman–Crippen MR) is 201 cm³/mol. The first-order valence-corrected chi connectivity index (χ1v) is 19.1. The van der Waals surface area contributed by atoms with E-state index in [0.29, 0.717) is 23.7 Å². The van der Waals surface area contributed by atoms with Crippen LogP contribution in [0.5, 0.6) is 0 Å². The highest BCUT2D eigenvalue weighted by Crippen LogP contribution is 2.42. The van der Waals surface area contributed by atoms with Gasteiger partial charge >= 0.3 is 0 Å². The standard InChI is InChI=1S/C45H47N3O2/c1-2-8-30(9-3-1)43-46-44(31-18-14-28(15-19-31)33-22-24-41-37(26-33)35-10-4-6-12-39(35)49-41)48-45(47-43)32-20-16-29(17-21-32)34-23-25-42-38(27-34)36-11-5-7-13-40(36)50-42/h1-4,6-10,12-14,16,18,20,22,24,28,31,33-34,43-48H,5,11,15,17,19,21,23,25-27H2. The van der Waals surface area contributed by atoms with E-state index in [2.05, 4.69) is 119 Å². The second-order valence-corrected chi connectivity index (χ2v) is 15.4. The SMILES string of the molecule is C1=Cc2oc3c(c2CC1)CC(C1=CC=C(C2NC(c4ccccc4)NC(C4C=CC(C5C=Cc6oc7ccccc7c6C5)CC4)N2)CC1)CC3. The Labute approximate surface area is 295 Å². The summed E-state index contributed by atoms with van der Waals surface area (Å²) in [6.07, 6.45) is 30.8. The van der Waals surface area contributed by atoms with E-state index in [1.807, 2.05) is 0 Å². The summed E-state index contributed by atoms with van der Waals surface area (Å²) in [4.78, 5) is 0. The van der Waals surface area contributed by atoms with Crippen molar-refractivity contribution in [2.45, 2.75) is 82.7 Å². The van der Waals surface area contributed by atoms with Crippen molar-refractivity contribution in [3.63, 3.8) is 0 Å². The Morgan fingerprint density at radius 3 is 2.26 bits per heavy atom. The van der Waals surface area contributed by atoms with Gasteiger partial charge in [0, 0.05) is 28.9 Å². The van der Waals surface area contributed by atoms with Crippen molar-refractivity contribution in [1.82, 2.24) is 16.0 Å². The van der Waals surface area contributed by atoms with Crippen LogP contribution in [0.25, 0.3) is 23.1 Å². The third-order valence-electron chi connectivity index (χ3n) is 12.6. The second kappa shape index (κ2) is 12.9. The zero-order valence-corrected chi connectivity index (χ0v) is 28.7. The lowest BCUT2D eigenvalue weighted by Crippen LogP contribution is -2.65. The molecule has 7 atom stereocenters. The lowest BCUT2D eigenvalue weighted by atomic mass is 9.75. The van der Waals surface area contributed by atoms with E-state index in [9.17, 15) is 0 Å². The summed E-state index contributed by atoms with van der Waals surface area (Å²) < 4.78 is 12.4. The van der Waals surface area contributed by atoms with Crippen molar-refractivity contribution in [2.75, 3.05) is 0 Å². The van der Waals surface area contributed by atoms with E-state index >= 15 is 0 Å². The lowest BCUT2D eigenvalue weighted by Gasteiger charge is -2.44. The number of para-hydroxylation sites is 1. The van der Waals surface area contributed by atoms with Crippen LogP contribution in [0, 0.1) is 23.7 Å². The van der Waals surface area contributed by atoms with Crippen LogP contribution in [0.1, 0.15) is 84.2 Å². The molecule has 3 N–H and O–H groups in total. The van der Waals surface area contributed by atoms with Crippen molar-refractivity contribution in [2.24, 2.45) is 23.7 Å². The molecule has 0 bridgehead atoms. The highest BCUT2D eigenvalue weighted by molar-refractivity contribution is 5.85. The van der Waals surface area contributed by atoms with E-state index < -0.39 is 0 Å². The Balaban J connectivity index is 0.852. The molecule has 3 heterocycles. The molecule has 1 fully saturated rings. The molecule has 254 valence electrons. The molecule has 0 amide bonds. The predicted octanol–water partition coefficient (Wildman–Crippen LogP) is 9.34. The highest BCUT2D eigenvalue weighted by Gasteiger charge is 2.37. The summed E-state index contributed by atoms with van der Waals surface area (Å²) in [5, 5.41) is 13.2. The smallest absolute Gasteiger partial charge is 0.135 e. The molecule has 4 aromatic rings. The second-order valence-electron chi connectivity index (χ2n) is 15.4. The molecule has 0 saturated carbocycles. The van der Waals surface area contributed by atoms with Crippen LogP contribution in [0.3, 0.4) is 0 Å². The van der Waals surface area contributed by atoms with Gasteiger partial charge in [-0.3, -0.25) is 16.0 Å². The largest absolute Gasteiger partial charge is 0.461 e. The molecule has 0 radical (unpaired) electrons. The minimum absolute atomic E-state index is 0.0944. The molecule has 5 aliphatic carbocycles. The third-order valence-corrected chi connectivity index (χ3v) is 12.6. The number of benzene rings is 2. The summed E-state index contributed by atoms with van der Waals surface area (Å²) in [6.45, 7) is 0. The molecule has 5 heteroatoms. The van der Waals surface area contributed by atoms with Gasteiger partial charge in [-0.1, -0.05) is 90.6 Å². The molecule has 50 heavy (non-hydrogen) atoms. The Bertz CT molecular complexity index is 2060. The molecular formula is C45H47N3O2. The van der Waals surface area contributed by atoms with Crippen molar-refractivity contribution >= 4 is 23.1 Å². The maximum Gasteiger partial charge on any atom is 0.135 e. The number of hydrogen-bond donors (Lipinski definition) is 3. The van der Waals surface area contributed by atoms with Gasteiger partial charge in [0.25, 0.3) is 0 Å². The normalized spacial score (nSPS) is 30.4. The molecular weight excluding hydrogens is 615 g/mol. The van der Waals surface area contributed by atoms with Crippen molar-refractivity contribution in [1.29, 1.82) is 0 Å². The van der Waals surface area contributed by atoms with Gasteiger partial charge in [0.2, 0.25) is 0 Å². The van der Waals surface area contributed by atoms with E-state index in [1.165, 1.54) is 58.2 Å². The Hall–Kier alpha value is -4.16. The number of rotatable bonds is 5. The van der Waals surface area contributed by atoms with Crippen LogP contribution in [0.2, 0.25) is 0 Å². The van der Waals surface area contributed by atoms with E-state index in [1.54, 1.807) is 5.57 Å². The first-order valence-electron chi connectivity index (χ1n) is 19.1. The van der Waals surface area contributed by atoms with Crippen molar-refractivity contribution in [3.8, 4) is 0 Å². The van der Waals surface area contributed by atoms with Crippen LogP contribution in [-0.4, -0.2) is 12.3 Å². The highest BCUT2D eigenvalue weighted by atomic mass is 16.3. The summed E-state index contributed by atoms with van der Waals surface area (Å²) in [6, 6.07) is 19.4. The summed E-state index contributed by atoms with van der Waals surface area (Å²) in [7, 11) is 0. The number of aryl methyl sites for hydroxylation is 1. The molecule has 5 nitrogen and oxygen atoms in total. The summed E-state index contributed by atoms with van der Waals surface area (Å²) in [5.41, 5.74) is 9.78. The maximum atomic E-state index is 6.28. The number of allylic oxidation sites excluding steroid dienone is 6. The van der Waals surface area contributed by atoms with Crippen molar-refractivity contribution < 1.29 is 8.83 Å². The van der Waals surface area contributed by atoms with Crippen LogP contribution in [0.15, 0.2) is 111 Å². The number of hydrogen-bond acceptors (Lipinski definition) is 5. The Morgan fingerprint density at radius 1 is 0.580 bits per heavy atom. The average Bonchev–Trinajstić information content (AvgIpc) is 3.76. The van der Waals surface area contributed by atoms with Crippen LogP contribution >= 0.6 is 0 Å². The third kappa shape index (κ3) is 5.60. The number of nitrogens with one attached hydrogen (secondary N) is 3. The average molecular weight is 662 g/mol. The molecule has 10 rings (SSSR count). The summed E-state index contributed by atoms with van der Waals surface area (Å²) >= 11 is 0. The molecule has 2 aromatic heterocycles. The van der Waals surface area contributed by atoms with Gasteiger partial charge in [0.15, 0.2) is 0 Å². The fourth-order valence-electron chi connectivity index (χ4n) is 9.80. The zero-order chi connectivity index (χ0) is 33.0. The van der Waals surface area contributed by atoms with Gasteiger partial charge < -0.3 is 8.83 Å². The zero-order valence-electron chi connectivity index (χ0n) is 28.7. The molecule has 1 saturated heterocycles. The van der Waals surface area contributed by atoms with Crippen LogP contribution < -0.4 is 16.0 Å². The minimum atomic E-state index is 0.0944. The maximum absolute atomic E-state index is 6.28.